The molecule has 0 aromatic heterocycles. The first-order valence-electron chi connectivity index (χ1n) is 8.10. The van der Waals surface area contributed by atoms with Crippen LogP contribution in [0.1, 0.15) is 15.9 Å². The number of amides is 1. The maximum absolute atomic E-state index is 13.3. The number of sulfonamides is 1. The van der Waals surface area contributed by atoms with E-state index in [0.717, 1.165) is 0 Å². The number of nitrogens with one attached hydrogen (secondary N) is 2. The molecule has 0 saturated carbocycles. The van der Waals surface area contributed by atoms with Crippen LogP contribution in [0.5, 0.6) is 0 Å². The van der Waals surface area contributed by atoms with Crippen molar-refractivity contribution in [2.45, 2.75) is 11.8 Å². The van der Waals surface area contributed by atoms with Gasteiger partial charge in [0.15, 0.2) is 0 Å². The van der Waals surface area contributed by atoms with Crippen LogP contribution in [0.2, 0.25) is 0 Å². The topological polar surface area (TPSA) is 75.3 Å². The summed E-state index contributed by atoms with van der Waals surface area (Å²) in [6.45, 7) is 1.65. The Morgan fingerprint density at radius 1 is 0.889 bits per heavy atom. The Kier molecular flexibility index (Phi) is 5.23. The lowest BCUT2D eigenvalue weighted by atomic mass is 10.1. The molecule has 3 rings (SSSR count). The molecular formula is C20H17FN2O3S. The van der Waals surface area contributed by atoms with Gasteiger partial charge < -0.3 is 5.32 Å². The first kappa shape index (κ1) is 18.6. The summed E-state index contributed by atoms with van der Waals surface area (Å²) in [5.74, 6) is -1.01. The van der Waals surface area contributed by atoms with Crippen molar-refractivity contribution in [1.29, 1.82) is 0 Å². The van der Waals surface area contributed by atoms with E-state index in [2.05, 4.69) is 10.0 Å². The zero-order chi connectivity index (χ0) is 19.4. The number of halogens is 1. The lowest BCUT2D eigenvalue weighted by Crippen LogP contribution is -2.17. The van der Waals surface area contributed by atoms with Gasteiger partial charge in [-0.2, -0.15) is 0 Å². The third-order valence-electron chi connectivity index (χ3n) is 3.85. The molecule has 3 aromatic carbocycles. The minimum Gasteiger partial charge on any atom is -0.322 e. The molecule has 7 heteroatoms. The first-order chi connectivity index (χ1) is 12.8. The molecule has 0 spiro atoms. The summed E-state index contributed by atoms with van der Waals surface area (Å²) in [5.41, 5.74) is 1.36. The largest absolute Gasteiger partial charge is 0.322 e. The zero-order valence-corrected chi connectivity index (χ0v) is 15.3. The quantitative estimate of drug-likeness (QED) is 0.693. The summed E-state index contributed by atoms with van der Waals surface area (Å²) in [5, 5.41) is 2.55. The van der Waals surface area contributed by atoms with Crippen molar-refractivity contribution >= 4 is 27.3 Å². The second kappa shape index (κ2) is 7.59. The third-order valence-corrected chi connectivity index (χ3v) is 5.37. The highest BCUT2D eigenvalue weighted by molar-refractivity contribution is 7.92. The van der Waals surface area contributed by atoms with Crippen LogP contribution in [0, 0.1) is 12.7 Å². The third kappa shape index (κ3) is 4.51. The smallest absolute Gasteiger partial charge is 0.262 e. The number of carbonyl (C=O) groups excluding carboxylic acids is 1. The van der Waals surface area contributed by atoms with E-state index in [9.17, 15) is 17.6 Å². The van der Waals surface area contributed by atoms with Gasteiger partial charge in [0.2, 0.25) is 0 Å². The Morgan fingerprint density at radius 2 is 1.59 bits per heavy atom. The number of carbonyl (C=O) groups is 1. The minimum atomic E-state index is -3.87. The summed E-state index contributed by atoms with van der Waals surface area (Å²) >= 11 is 0. The highest BCUT2D eigenvalue weighted by Crippen LogP contribution is 2.21. The fourth-order valence-electron chi connectivity index (χ4n) is 2.52. The summed E-state index contributed by atoms with van der Waals surface area (Å²) in [6, 6.07) is 18.3. The molecule has 0 aliphatic carbocycles. The van der Waals surface area contributed by atoms with Gasteiger partial charge in [-0.05, 0) is 55.0 Å². The van der Waals surface area contributed by atoms with Crippen molar-refractivity contribution in [3.05, 3.63) is 89.7 Å². The number of rotatable bonds is 5. The summed E-state index contributed by atoms with van der Waals surface area (Å²) < 4.78 is 41.2. The number of hydrogen-bond donors (Lipinski definition) is 2. The number of aryl methyl sites for hydroxylation is 1. The fraction of sp³-hybridized carbons (Fsp3) is 0.0500. The van der Waals surface area contributed by atoms with Crippen molar-refractivity contribution < 1.29 is 17.6 Å². The van der Waals surface area contributed by atoms with Crippen molar-refractivity contribution in [3.63, 3.8) is 0 Å². The van der Waals surface area contributed by atoms with Crippen LogP contribution in [0.3, 0.4) is 0 Å². The Morgan fingerprint density at radius 3 is 2.30 bits per heavy atom. The Labute approximate surface area is 156 Å². The van der Waals surface area contributed by atoms with Gasteiger partial charge in [-0.25, -0.2) is 12.8 Å². The first-order valence-corrected chi connectivity index (χ1v) is 9.59. The Balaban J connectivity index is 1.88. The predicted molar refractivity (Wildman–Crippen MR) is 103 cm³/mol. The molecule has 0 saturated heterocycles. The number of benzene rings is 3. The summed E-state index contributed by atoms with van der Waals surface area (Å²) in [4.78, 5) is 12.4. The van der Waals surface area contributed by atoms with Gasteiger partial charge in [0, 0.05) is 16.9 Å². The molecule has 0 aliphatic heterocycles. The SMILES string of the molecule is Cc1ccc(C(=O)Nc2cccc(F)c2)cc1S(=O)(=O)Nc1ccccc1. The van der Waals surface area contributed by atoms with Gasteiger partial charge >= 0.3 is 0 Å². The second-order valence-electron chi connectivity index (χ2n) is 5.92. The van der Waals surface area contributed by atoms with Gasteiger partial charge in [0.05, 0.1) is 4.90 Å². The van der Waals surface area contributed by atoms with Gasteiger partial charge in [-0.15, -0.1) is 0 Å². The normalized spacial score (nSPS) is 11.0. The minimum absolute atomic E-state index is 0.00162. The second-order valence-corrected chi connectivity index (χ2v) is 7.57. The van der Waals surface area contributed by atoms with E-state index >= 15 is 0 Å². The predicted octanol–water partition coefficient (Wildman–Crippen LogP) is 4.19. The molecule has 2 N–H and O–H groups in total. The zero-order valence-electron chi connectivity index (χ0n) is 14.4. The lowest BCUT2D eigenvalue weighted by Gasteiger charge is -2.12. The van der Waals surface area contributed by atoms with Crippen LogP contribution < -0.4 is 10.0 Å². The average Bonchev–Trinajstić information content (AvgIpc) is 2.62. The monoisotopic (exact) mass is 384 g/mol. The molecule has 0 fully saturated rings. The molecule has 0 radical (unpaired) electrons. The molecule has 27 heavy (non-hydrogen) atoms. The van der Waals surface area contributed by atoms with Gasteiger partial charge in [-0.1, -0.05) is 30.3 Å². The molecule has 0 aliphatic rings. The highest BCUT2D eigenvalue weighted by atomic mass is 32.2. The van der Waals surface area contributed by atoms with Crippen LogP contribution >= 0.6 is 0 Å². The molecule has 0 unspecified atom stereocenters. The van der Waals surface area contributed by atoms with E-state index < -0.39 is 21.7 Å². The van der Waals surface area contributed by atoms with Crippen molar-refractivity contribution in [2.75, 3.05) is 10.0 Å². The van der Waals surface area contributed by atoms with Gasteiger partial charge in [0.25, 0.3) is 15.9 Å². The maximum atomic E-state index is 13.3. The Bertz CT molecular complexity index is 1080. The van der Waals surface area contributed by atoms with Crippen LogP contribution in [-0.2, 0) is 10.0 Å². The van der Waals surface area contributed by atoms with Crippen LogP contribution in [0.15, 0.2) is 77.7 Å². The van der Waals surface area contributed by atoms with Crippen molar-refractivity contribution in [1.82, 2.24) is 0 Å². The average molecular weight is 384 g/mol. The molecule has 0 bridgehead atoms. The van der Waals surface area contributed by atoms with Crippen molar-refractivity contribution in [2.24, 2.45) is 0 Å². The van der Waals surface area contributed by atoms with Crippen LogP contribution in [-0.4, -0.2) is 14.3 Å². The maximum Gasteiger partial charge on any atom is 0.262 e. The van der Waals surface area contributed by atoms with E-state index in [0.29, 0.717) is 11.3 Å². The molecule has 5 nitrogen and oxygen atoms in total. The molecule has 0 atom stereocenters. The number of para-hydroxylation sites is 1. The van der Waals surface area contributed by atoms with Gasteiger partial charge in [-0.3, -0.25) is 9.52 Å². The molecule has 1 amide bonds. The van der Waals surface area contributed by atoms with Crippen LogP contribution in [0.25, 0.3) is 0 Å². The van der Waals surface area contributed by atoms with E-state index in [1.807, 2.05) is 0 Å². The Hall–Kier alpha value is -3.19. The van der Waals surface area contributed by atoms with Crippen LogP contribution in [0.4, 0.5) is 15.8 Å². The molecular weight excluding hydrogens is 367 g/mol. The molecule has 0 heterocycles. The lowest BCUT2D eigenvalue weighted by molar-refractivity contribution is 0.102. The van der Waals surface area contributed by atoms with E-state index in [4.69, 9.17) is 0 Å². The standard InChI is InChI=1S/C20H17FN2O3S/c1-14-10-11-15(20(24)22-18-9-5-6-16(21)13-18)12-19(14)27(25,26)23-17-7-3-2-4-8-17/h2-13,23H,1H3,(H,22,24). The fourth-order valence-corrected chi connectivity index (χ4v) is 3.85. The van der Waals surface area contributed by atoms with E-state index in [1.54, 1.807) is 49.4 Å². The summed E-state index contributed by atoms with van der Waals surface area (Å²) in [7, 11) is -3.87. The number of anilines is 2. The molecule has 138 valence electrons. The van der Waals surface area contributed by atoms with E-state index in [1.165, 1.54) is 30.3 Å². The van der Waals surface area contributed by atoms with Gasteiger partial charge in [0.1, 0.15) is 5.82 Å². The highest BCUT2D eigenvalue weighted by Gasteiger charge is 2.19. The van der Waals surface area contributed by atoms with E-state index in [-0.39, 0.29) is 16.1 Å². The van der Waals surface area contributed by atoms with Crippen molar-refractivity contribution in [3.8, 4) is 0 Å². The number of hydrogen-bond acceptors (Lipinski definition) is 3. The molecule has 3 aromatic rings. The summed E-state index contributed by atoms with van der Waals surface area (Å²) in [6.07, 6.45) is 0.